The van der Waals surface area contributed by atoms with Gasteiger partial charge in [0.15, 0.2) is 0 Å². The average Bonchev–Trinajstić information content (AvgIpc) is 2.84. The molecule has 0 heterocycles. The van der Waals surface area contributed by atoms with E-state index in [0.717, 1.165) is 0 Å². The van der Waals surface area contributed by atoms with Gasteiger partial charge in [-0.15, -0.1) is 0 Å². The molecular weight excluding hydrogens is 414 g/mol. The molecule has 0 radical (unpaired) electrons. The highest BCUT2D eigenvalue weighted by molar-refractivity contribution is 4.66. The number of unbranched alkanes of at least 4 members (excludes halogenated alkanes) is 11. The predicted molar refractivity (Wildman–Crippen MR) is 156 cm³/mol. The summed E-state index contributed by atoms with van der Waals surface area (Å²) in [5.74, 6) is 0. The Bertz CT molecular complexity index is 362. The van der Waals surface area contributed by atoms with Crippen LogP contribution in [0.2, 0.25) is 0 Å². The Morgan fingerprint density at radius 1 is 0.235 bits per heavy atom. The fraction of sp³-hybridized carbons (Fsp3) is 1.00. The van der Waals surface area contributed by atoms with E-state index in [9.17, 15) is 0 Å². The molecule has 0 aromatic carbocycles. The van der Waals surface area contributed by atoms with Crippen molar-refractivity contribution in [3.63, 3.8) is 0 Å². The van der Waals surface area contributed by atoms with Gasteiger partial charge in [0.2, 0.25) is 0 Å². The van der Waals surface area contributed by atoms with Gasteiger partial charge in [-0.2, -0.15) is 0 Å². The van der Waals surface area contributed by atoms with E-state index in [1.165, 1.54) is 168 Å². The fourth-order valence-corrected chi connectivity index (χ4v) is 5.06. The highest BCUT2D eigenvalue weighted by Crippen LogP contribution is 2.08. The minimum atomic E-state index is 1.27. The number of hydrogen-bond donors (Lipinski definition) is 0. The SMILES string of the molecule is CCCCCCN(CCC)CCCCCN(CCC)CCN(CCCCCC)CCCCCC. The van der Waals surface area contributed by atoms with Crippen LogP contribution < -0.4 is 0 Å². The van der Waals surface area contributed by atoms with Crippen LogP contribution in [-0.4, -0.2) is 73.6 Å². The van der Waals surface area contributed by atoms with Crippen LogP contribution in [0.4, 0.5) is 0 Å². The summed E-state index contributed by atoms with van der Waals surface area (Å²) in [6.07, 6.45) is 23.4. The van der Waals surface area contributed by atoms with Crippen LogP contribution >= 0.6 is 0 Å². The smallest absolute Gasteiger partial charge is 0.0109 e. The van der Waals surface area contributed by atoms with E-state index >= 15 is 0 Å². The lowest BCUT2D eigenvalue weighted by molar-refractivity contribution is 0.194. The zero-order chi connectivity index (χ0) is 25.1. The number of rotatable bonds is 28. The summed E-state index contributed by atoms with van der Waals surface area (Å²) in [7, 11) is 0. The zero-order valence-corrected chi connectivity index (χ0v) is 24.7. The molecule has 0 spiro atoms. The Labute approximate surface area is 217 Å². The molecule has 0 saturated carbocycles. The van der Waals surface area contributed by atoms with Crippen LogP contribution in [0.25, 0.3) is 0 Å². The zero-order valence-electron chi connectivity index (χ0n) is 24.7. The third-order valence-electron chi connectivity index (χ3n) is 7.24. The first-order chi connectivity index (χ1) is 16.7. The lowest BCUT2D eigenvalue weighted by atomic mass is 10.1. The van der Waals surface area contributed by atoms with Crippen LogP contribution in [0.5, 0.6) is 0 Å². The van der Waals surface area contributed by atoms with Gasteiger partial charge >= 0.3 is 0 Å². The van der Waals surface area contributed by atoms with E-state index in [2.05, 4.69) is 49.3 Å². The van der Waals surface area contributed by atoms with Crippen molar-refractivity contribution in [3.05, 3.63) is 0 Å². The molecule has 0 rings (SSSR count). The molecule has 0 aliphatic carbocycles. The number of nitrogens with zero attached hydrogens (tertiary/aromatic N) is 3. The molecule has 0 amide bonds. The lowest BCUT2D eigenvalue weighted by Crippen LogP contribution is -2.37. The quantitative estimate of drug-likeness (QED) is 0.104. The van der Waals surface area contributed by atoms with Crippen molar-refractivity contribution in [2.75, 3.05) is 58.9 Å². The Morgan fingerprint density at radius 3 is 0.794 bits per heavy atom. The largest absolute Gasteiger partial charge is 0.303 e. The van der Waals surface area contributed by atoms with Gasteiger partial charge in [0.1, 0.15) is 0 Å². The molecule has 0 aliphatic heterocycles. The van der Waals surface area contributed by atoms with Crippen LogP contribution in [0.1, 0.15) is 144 Å². The molecule has 3 heteroatoms. The molecule has 0 bridgehead atoms. The Kier molecular flexibility index (Phi) is 27.4. The molecule has 34 heavy (non-hydrogen) atoms. The van der Waals surface area contributed by atoms with Crippen molar-refractivity contribution in [3.8, 4) is 0 Å². The van der Waals surface area contributed by atoms with Gasteiger partial charge in [0.05, 0.1) is 0 Å². The summed E-state index contributed by atoms with van der Waals surface area (Å²) in [5, 5.41) is 0. The normalized spacial score (nSPS) is 12.0. The summed E-state index contributed by atoms with van der Waals surface area (Å²) in [6.45, 7) is 23.3. The van der Waals surface area contributed by atoms with Crippen LogP contribution in [-0.2, 0) is 0 Å². The first-order valence-electron chi connectivity index (χ1n) is 15.9. The van der Waals surface area contributed by atoms with E-state index in [-0.39, 0.29) is 0 Å². The maximum absolute atomic E-state index is 2.79. The summed E-state index contributed by atoms with van der Waals surface area (Å²) in [6, 6.07) is 0. The van der Waals surface area contributed by atoms with Gasteiger partial charge in [-0.1, -0.05) is 98.8 Å². The summed E-state index contributed by atoms with van der Waals surface area (Å²) < 4.78 is 0. The highest BCUT2D eigenvalue weighted by Gasteiger charge is 2.10. The van der Waals surface area contributed by atoms with Crippen molar-refractivity contribution in [1.82, 2.24) is 14.7 Å². The minimum absolute atomic E-state index is 1.27. The fourth-order valence-electron chi connectivity index (χ4n) is 5.06. The van der Waals surface area contributed by atoms with Crippen LogP contribution in [0, 0.1) is 0 Å². The van der Waals surface area contributed by atoms with Gasteiger partial charge in [-0.25, -0.2) is 0 Å². The van der Waals surface area contributed by atoms with Gasteiger partial charge in [0.25, 0.3) is 0 Å². The third kappa shape index (κ3) is 22.4. The lowest BCUT2D eigenvalue weighted by Gasteiger charge is -2.28. The molecule has 206 valence electrons. The molecule has 0 unspecified atom stereocenters. The minimum Gasteiger partial charge on any atom is -0.303 e. The van der Waals surface area contributed by atoms with E-state index in [0.29, 0.717) is 0 Å². The molecule has 3 nitrogen and oxygen atoms in total. The molecule has 0 N–H and O–H groups in total. The van der Waals surface area contributed by atoms with Crippen molar-refractivity contribution in [2.24, 2.45) is 0 Å². The van der Waals surface area contributed by atoms with Crippen molar-refractivity contribution >= 4 is 0 Å². The highest BCUT2D eigenvalue weighted by atomic mass is 15.2. The second-order valence-corrected chi connectivity index (χ2v) is 10.8. The Morgan fingerprint density at radius 2 is 0.500 bits per heavy atom. The number of hydrogen-bond acceptors (Lipinski definition) is 3. The molecule has 0 saturated heterocycles. The van der Waals surface area contributed by atoms with Crippen LogP contribution in [0.3, 0.4) is 0 Å². The molecule has 0 aliphatic rings. The van der Waals surface area contributed by atoms with Gasteiger partial charge in [-0.3, -0.25) is 0 Å². The second-order valence-electron chi connectivity index (χ2n) is 10.8. The van der Waals surface area contributed by atoms with E-state index < -0.39 is 0 Å². The maximum atomic E-state index is 2.79. The van der Waals surface area contributed by atoms with Crippen molar-refractivity contribution in [2.45, 2.75) is 144 Å². The van der Waals surface area contributed by atoms with Crippen molar-refractivity contribution in [1.29, 1.82) is 0 Å². The van der Waals surface area contributed by atoms with Gasteiger partial charge in [0, 0.05) is 13.1 Å². The molecular formula is C31H67N3. The topological polar surface area (TPSA) is 9.72 Å². The molecule has 0 aromatic heterocycles. The van der Waals surface area contributed by atoms with E-state index in [4.69, 9.17) is 0 Å². The summed E-state index contributed by atoms with van der Waals surface area (Å²) in [4.78, 5) is 8.28. The first kappa shape index (κ1) is 33.9. The third-order valence-corrected chi connectivity index (χ3v) is 7.24. The molecule has 0 atom stereocenters. The van der Waals surface area contributed by atoms with Crippen molar-refractivity contribution < 1.29 is 0 Å². The van der Waals surface area contributed by atoms with E-state index in [1.54, 1.807) is 0 Å². The average molecular weight is 482 g/mol. The van der Waals surface area contributed by atoms with Gasteiger partial charge in [-0.05, 0) is 90.8 Å². The van der Waals surface area contributed by atoms with Gasteiger partial charge < -0.3 is 14.7 Å². The maximum Gasteiger partial charge on any atom is 0.0109 e. The monoisotopic (exact) mass is 482 g/mol. The molecule has 0 aromatic rings. The second kappa shape index (κ2) is 27.5. The van der Waals surface area contributed by atoms with E-state index in [1.807, 2.05) is 0 Å². The summed E-state index contributed by atoms with van der Waals surface area (Å²) in [5.41, 5.74) is 0. The Hall–Kier alpha value is -0.120. The Balaban J connectivity index is 4.26. The van der Waals surface area contributed by atoms with Crippen LogP contribution in [0.15, 0.2) is 0 Å². The standard InChI is InChI=1S/C31H67N3/c1-6-11-14-18-25-32(23-9-4)26-21-17-22-27-33(24-10-5)30-31-34(28-19-15-12-7-2)29-20-16-13-8-3/h6-31H2,1-5H3. The predicted octanol–water partition coefficient (Wildman–Crippen LogP) is 8.62. The molecule has 0 fully saturated rings. The summed E-state index contributed by atoms with van der Waals surface area (Å²) >= 11 is 0. The first-order valence-corrected chi connectivity index (χ1v) is 15.9.